The van der Waals surface area contributed by atoms with Gasteiger partial charge >= 0.3 is 74.6 Å². The number of ether oxygens (including phenoxy) is 2. The zero-order chi connectivity index (χ0) is 35.5. The number of methoxy groups -OCH3 is 2. The maximum absolute atomic E-state index is 12.9. The molecule has 14 heteroatoms. The van der Waals surface area contributed by atoms with Gasteiger partial charge in [-0.05, 0) is 57.4 Å². The molecular formula is C32H22F3O9PW. The normalized spacial score (nSPS) is 16.2. The number of allylic oxidation sites excluding steroid dienone is 2. The minimum absolute atomic E-state index is 0. The number of carbonyl (C=O) groups excluding carboxylic acids is 2. The van der Waals surface area contributed by atoms with Crippen molar-refractivity contribution in [3.05, 3.63) is 121 Å². The largest absolute Gasteiger partial charge is 0 e. The molecule has 2 aliphatic heterocycles. The van der Waals surface area contributed by atoms with Crippen LogP contribution >= 0.6 is 7.92 Å². The summed E-state index contributed by atoms with van der Waals surface area (Å²) in [7, 11) is 1.46. The fourth-order valence-corrected chi connectivity index (χ4v) is 8.44. The number of hydrogen-bond donors (Lipinski definition) is 0. The average molecular weight is 822 g/mol. The molecule has 0 amide bonds. The zero-order valence-corrected chi connectivity index (χ0v) is 28.3. The molecule has 2 aromatic carbocycles. The van der Waals surface area contributed by atoms with E-state index in [-0.39, 0.29) is 32.4 Å². The van der Waals surface area contributed by atoms with E-state index in [1.54, 1.807) is 0 Å². The first-order valence-electron chi connectivity index (χ1n) is 11.8. The van der Waals surface area contributed by atoms with Gasteiger partial charge in [0.05, 0.1) is 30.9 Å². The summed E-state index contributed by atoms with van der Waals surface area (Å²) in [5.41, 5.74) is 2.54. The Kier molecular flexibility index (Phi) is 23.6. The summed E-state index contributed by atoms with van der Waals surface area (Å²) in [5.74, 6) is 4.94. The first-order chi connectivity index (χ1) is 21.6. The van der Waals surface area contributed by atoms with Crippen LogP contribution in [0.5, 0.6) is 0 Å². The van der Waals surface area contributed by atoms with E-state index in [0.717, 1.165) is 28.6 Å². The summed E-state index contributed by atoms with van der Waals surface area (Å²) in [5, 5.41) is 0.911. The molecule has 236 valence electrons. The van der Waals surface area contributed by atoms with Crippen LogP contribution in [0.1, 0.15) is 30.5 Å². The van der Waals surface area contributed by atoms with Gasteiger partial charge < -0.3 is 9.47 Å². The van der Waals surface area contributed by atoms with Crippen LogP contribution in [0, 0.1) is 45.1 Å². The second kappa shape index (κ2) is 23.4. The van der Waals surface area contributed by atoms with Crippen LogP contribution in [0.25, 0.3) is 0 Å². The van der Waals surface area contributed by atoms with Gasteiger partial charge in [-0.25, -0.2) is 9.59 Å². The average Bonchev–Trinajstić information content (AvgIpc) is 3.57. The molecule has 46 heavy (non-hydrogen) atoms. The summed E-state index contributed by atoms with van der Waals surface area (Å²) in [6.07, 6.45) is -4.41. The quantitative estimate of drug-likeness (QED) is 0.110. The number of halogens is 3. The predicted molar refractivity (Wildman–Crippen MR) is 147 cm³/mol. The molecule has 0 fully saturated rings. The topological polar surface area (TPSA) is 152 Å². The maximum Gasteiger partial charge on any atom is 0 e. The molecule has 0 aliphatic carbocycles. The third-order valence-electron chi connectivity index (χ3n) is 6.38. The predicted octanol–water partition coefficient (Wildman–Crippen LogP) is 4.77. The van der Waals surface area contributed by atoms with Crippen LogP contribution < -0.4 is 5.30 Å². The molecule has 2 bridgehead atoms. The van der Waals surface area contributed by atoms with Crippen molar-refractivity contribution in [2.75, 3.05) is 14.2 Å². The van der Waals surface area contributed by atoms with Crippen molar-refractivity contribution in [2.24, 2.45) is 0 Å². The monoisotopic (exact) mass is 822 g/mol. The van der Waals surface area contributed by atoms with E-state index in [4.69, 9.17) is 32.7 Å². The van der Waals surface area contributed by atoms with Crippen LogP contribution in [0.4, 0.5) is 13.2 Å². The molecular weight excluding hydrogens is 800 g/mol. The SMILES string of the molecule is COC(=O)C1=C(C(=O)OC)C2C(C)=C(C)C1P2c1ccccc1C#Cc1ccc(C(F)(F)F)cc1.[C-]#[O+].[C-]#[O+].[C-]#[O+].[C-]#[O+].[C-]#[O+].[W]. The van der Waals surface area contributed by atoms with E-state index in [2.05, 4.69) is 45.1 Å². The third kappa shape index (κ3) is 10.5. The molecule has 0 saturated carbocycles. The fraction of sp³-hybridized carbons (Fsp3) is 0.219. The van der Waals surface area contributed by atoms with E-state index in [1.165, 1.54) is 26.4 Å². The van der Waals surface area contributed by atoms with Gasteiger partial charge in [0.2, 0.25) is 0 Å². The molecule has 0 spiro atoms. The van der Waals surface area contributed by atoms with Crippen LogP contribution in [0.15, 0.2) is 70.8 Å². The van der Waals surface area contributed by atoms with Crippen molar-refractivity contribution in [3.8, 4) is 11.8 Å². The summed E-state index contributed by atoms with van der Waals surface area (Å²) in [6, 6.07) is 12.2. The first kappa shape index (κ1) is 46.4. The van der Waals surface area contributed by atoms with Gasteiger partial charge in [0.25, 0.3) is 0 Å². The van der Waals surface area contributed by atoms with Crippen molar-refractivity contribution >= 4 is 25.2 Å². The standard InChI is InChI=1S/C27H22F3O4P.5CO.W/c1-15-16(2)24-22(26(32)34-4)21(25(31)33-3)23(15)35(24)20-8-6-5-7-18(20)12-9-17-10-13-19(14-11-17)27(28,29)30;5*1-2;/h5-8,10-11,13-14,23-24H,1-4H3;;;;;;. The Balaban J connectivity index is -0.00000153. The molecule has 2 atom stereocenters. The van der Waals surface area contributed by atoms with Crippen LogP contribution in [0.3, 0.4) is 0 Å². The number of carbonyl (C=O) groups is 2. The Hall–Kier alpha value is -3.97. The third-order valence-corrected chi connectivity index (χ3v) is 9.73. The summed E-state index contributed by atoms with van der Waals surface area (Å²) >= 11 is 0. The van der Waals surface area contributed by atoms with Crippen molar-refractivity contribution in [1.29, 1.82) is 0 Å². The molecule has 2 heterocycles. The van der Waals surface area contributed by atoms with E-state index in [9.17, 15) is 22.8 Å². The maximum atomic E-state index is 12.9. The van der Waals surface area contributed by atoms with E-state index < -0.39 is 31.6 Å². The molecule has 0 N–H and O–H groups in total. The molecule has 2 unspecified atom stereocenters. The number of alkyl halides is 3. The Morgan fingerprint density at radius 2 is 1.11 bits per heavy atom. The minimum atomic E-state index is -4.41. The van der Waals surface area contributed by atoms with Gasteiger partial charge in [-0.2, -0.15) is 13.2 Å². The van der Waals surface area contributed by atoms with Crippen LogP contribution in [-0.2, 0) is 69.6 Å². The van der Waals surface area contributed by atoms with Gasteiger partial charge in [-0.3, -0.25) is 0 Å². The van der Waals surface area contributed by atoms with Crippen LogP contribution in [-0.4, -0.2) is 37.5 Å². The number of esters is 2. The number of fused-ring (bicyclic) bond motifs is 2. The number of benzene rings is 2. The fourth-order valence-electron chi connectivity index (χ4n) is 4.63. The van der Waals surface area contributed by atoms with Crippen LogP contribution in [0.2, 0.25) is 0 Å². The van der Waals surface area contributed by atoms with E-state index in [0.29, 0.717) is 22.3 Å². The van der Waals surface area contributed by atoms with Crippen molar-refractivity contribution < 1.29 is 76.6 Å². The van der Waals surface area contributed by atoms with Gasteiger partial charge in [-0.1, -0.05) is 41.2 Å². The zero-order valence-electron chi connectivity index (χ0n) is 24.4. The molecule has 2 aromatic rings. The Bertz CT molecular complexity index is 1500. The Morgan fingerprint density at radius 3 is 1.48 bits per heavy atom. The van der Waals surface area contributed by atoms with Gasteiger partial charge in [0.1, 0.15) is 0 Å². The summed E-state index contributed by atoms with van der Waals surface area (Å²) in [6.45, 7) is 26.4. The molecule has 0 radical (unpaired) electrons. The molecule has 0 aromatic heterocycles. The Labute approximate surface area is 279 Å². The van der Waals surface area contributed by atoms with Gasteiger partial charge in [-0.15, -0.1) is 0 Å². The number of hydrogen-bond acceptors (Lipinski definition) is 4. The second-order valence-corrected chi connectivity index (χ2v) is 10.6. The van der Waals surface area contributed by atoms with Gasteiger partial charge in [0, 0.05) is 43.5 Å². The number of rotatable bonds is 3. The molecule has 2 aliphatic rings. The first-order valence-corrected chi connectivity index (χ1v) is 13.2. The van der Waals surface area contributed by atoms with Crippen molar-refractivity contribution in [1.82, 2.24) is 0 Å². The minimum Gasteiger partial charge on any atom is 0 e. The van der Waals surface area contributed by atoms with E-state index in [1.807, 2.05) is 38.1 Å². The molecule has 4 rings (SSSR count). The van der Waals surface area contributed by atoms with Crippen molar-refractivity contribution in [2.45, 2.75) is 31.3 Å². The summed E-state index contributed by atoms with van der Waals surface area (Å²) < 4.78 is 86.1. The summed E-state index contributed by atoms with van der Waals surface area (Å²) in [4.78, 5) is 25.5. The molecule has 0 saturated heterocycles. The Morgan fingerprint density at radius 1 is 0.717 bits per heavy atom. The van der Waals surface area contributed by atoms with Crippen molar-refractivity contribution in [3.63, 3.8) is 0 Å². The van der Waals surface area contributed by atoms with Gasteiger partial charge in [0.15, 0.2) is 0 Å². The second-order valence-electron chi connectivity index (χ2n) is 8.23. The smallest absolute Gasteiger partial charge is 0 e. The van der Waals surface area contributed by atoms with E-state index >= 15 is 0 Å². The molecule has 9 nitrogen and oxygen atoms in total.